The molecule has 1 aliphatic rings. The summed E-state index contributed by atoms with van der Waals surface area (Å²) < 4.78 is 0. The van der Waals surface area contributed by atoms with E-state index in [0.717, 1.165) is 22.8 Å². The molecular formula is C29H39N5O2. The summed E-state index contributed by atoms with van der Waals surface area (Å²) in [5.74, 6) is 5.45. The molecular weight excluding hydrogens is 450 g/mol. The zero-order valence-electron chi connectivity index (χ0n) is 22.2. The molecule has 1 aliphatic heterocycles. The van der Waals surface area contributed by atoms with Gasteiger partial charge in [-0.15, -0.1) is 0 Å². The largest absolute Gasteiger partial charge is 0.399 e. The van der Waals surface area contributed by atoms with Gasteiger partial charge in [0.05, 0.1) is 12.1 Å². The molecule has 0 saturated carbocycles. The van der Waals surface area contributed by atoms with Crippen LogP contribution in [-0.2, 0) is 9.59 Å². The zero-order valence-corrected chi connectivity index (χ0v) is 22.2. The second-order valence-corrected chi connectivity index (χ2v) is 8.53. The van der Waals surface area contributed by atoms with E-state index in [1.54, 1.807) is 6.92 Å². The fraction of sp³-hybridized carbons (Fsp3) is 0.276. The number of hydrogen-bond acceptors (Lipinski definition) is 6. The molecule has 0 radical (unpaired) electrons. The van der Waals surface area contributed by atoms with Gasteiger partial charge in [-0.25, -0.2) is 5.01 Å². The number of hydrogen-bond donors (Lipinski definition) is 3. The maximum Gasteiger partial charge on any atom is 0.253 e. The van der Waals surface area contributed by atoms with Gasteiger partial charge in [0.2, 0.25) is 0 Å². The average molecular weight is 490 g/mol. The van der Waals surface area contributed by atoms with Gasteiger partial charge in [-0.05, 0) is 71.0 Å². The van der Waals surface area contributed by atoms with E-state index in [1.807, 2.05) is 107 Å². The van der Waals surface area contributed by atoms with E-state index in [1.165, 1.54) is 21.7 Å². The normalized spacial score (nSPS) is 11.6. The Hall–Kier alpha value is -3.97. The lowest BCUT2D eigenvalue weighted by Gasteiger charge is -2.11. The summed E-state index contributed by atoms with van der Waals surface area (Å²) in [6.07, 6.45) is 1.11. The highest BCUT2D eigenvalue weighted by Gasteiger charge is 2.22. The summed E-state index contributed by atoms with van der Waals surface area (Å²) in [6, 6.07) is 23.5. The molecule has 3 aromatic rings. The number of aryl methyl sites for hydroxylation is 3. The molecule has 0 fully saturated rings. The number of benzene rings is 3. The van der Waals surface area contributed by atoms with E-state index in [-0.39, 0.29) is 11.7 Å². The van der Waals surface area contributed by atoms with Crippen molar-refractivity contribution in [3.05, 3.63) is 89.5 Å². The van der Waals surface area contributed by atoms with E-state index in [2.05, 4.69) is 10.5 Å². The number of hydrazine groups is 1. The van der Waals surface area contributed by atoms with Crippen molar-refractivity contribution in [3.63, 3.8) is 0 Å². The van der Waals surface area contributed by atoms with Crippen LogP contribution in [0, 0.1) is 20.8 Å². The van der Waals surface area contributed by atoms with Crippen LogP contribution in [0.1, 0.15) is 50.3 Å². The lowest BCUT2D eigenvalue weighted by Crippen LogP contribution is -2.19. The number of amides is 1. The standard InChI is InChI=1S/C11H12N2O.C7H10N2.C7H9N.C4H8O/c1-8-3-5-10(6-4-8)13-11(14)7-9(2)12-13;1-6-2-4-7(9-8)5-3-6;1-6-2-4-7(8)5-3-6;1-3-4(2)5/h3-6H,7H2,1-2H3;2-5,9H,8H2,1H3;2-5H,8H2,1H3;3H2,1-2H3. The third-order valence-electron chi connectivity index (χ3n) is 4.99. The van der Waals surface area contributed by atoms with E-state index in [4.69, 9.17) is 11.6 Å². The fourth-order valence-electron chi connectivity index (χ4n) is 2.66. The molecule has 1 amide bonds. The fourth-order valence-corrected chi connectivity index (χ4v) is 2.66. The second-order valence-electron chi connectivity index (χ2n) is 8.53. The van der Waals surface area contributed by atoms with Crippen LogP contribution < -0.4 is 22.0 Å². The Kier molecular flexibility index (Phi) is 13.2. The van der Waals surface area contributed by atoms with E-state index >= 15 is 0 Å². The quantitative estimate of drug-likeness (QED) is 0.239. The molecule has 0 unspecified atom stereocenters. The van der Waals surface area contributed by atoms with Crippen LogP contribution >= 0.6 is 0 Å². The van der Waals surface area contributed by atoms with Crippen LogP contribution in [0.4, 0.5) is 17.1 Å². The number of nitrogens with two attached hydrogens (primary N) is 2. The molecule has 0 atom stereocenters. The number of nitrogens with zero attached hydrogens (tertiary/aromatic N) is 2. The first kappa shape index (κ1) is 30.1. The maximum atomic E-state index is 11.5. The first-order chi connectivity index (χ1) is 17.0. The smallest absolute Gasteiger partial charge is 0.253 e. The minimum atomic E-state index is 0.0475. The van der Waals surface area contributed by atoms with Gasteiger partial charge in [0, 0.05) is 23.5 Å². The summed E-state index contributed by atoms with van der Waals surface area (Å²) in [4.78, 5) is 21.3. The van der Waals surface area contributed by atoms with E-state index in [9.17, 15) is 9.59 Å². The molecule has 0 bridgehead atoms. The third-order valence-corrected chi connectivity index (χ3v) is 4.99. The number of ketones is 1. The van der Waals surface area contributed by atoms with Crippen molar-refractivity contribution in [2.24, 2.45) is 10.9 Å². The Labute approximate surface area is 215 Å². The average Bonchev–Trinajstić information content (AvgIpc) is 3.21. The molecule has 0 saturated heterocycles. The zero-order chi connectivity index (χ0) is 27.1. The SMILES string of the molecule is CC1=NN(c2ccc(C)cc2)C(=O)C1.CCC(C)=O.Cc1ccc(N)cc1.Cc1ccc(NN)cc1. The van der Waals surface area contributed by atoms with Gasteiger partial charge in [-0.2, -0.15) is 5.10 Å². The van der Waals surface area contributed by atoms with Gasteiger partial charge in [-0.3, -0.25) is 10.6 Å². The predicted molar refractivity (Wildman–Crippen MR) is 152 cm³/mol. The van der Waals surface area contributed by atoms with Gasteiger partial charge >= 0.3 is 0 Å². The Bertz CT molecular complexity index is 1080. The number of anilines is 3. The molecule has 5 N–H and O–H groups in total. The van der Waals surface area contributed by atoms with Gasteiger partial charge < -0.3 is 16.0 Å². The summed E-state index contributed by atoms with van der Waals surface area (Å²) in [6.45, 7) is 11.4. The molecule has 192 valence electrons. The van der Waals surface area contributed by atoms with E-state index < -0.39 is 0 Å². The molecule has 1 heterocycles. The summed E-state index contributed by atoms with van der Waals surface area (Å²) in [5, 5.41) is 5.64. The van der Waals surface area contributed by atoms with Crippen LogP contribution in [0.25, 0.3) is 0 Å². The van der Waals surface area contributed by atoms with Gasteiger partial charge in [0.15, 0.2) is 0 Å². The lowest BCUT2D eigenvalue weighted by atomic mass is 10.2. The van der Waals surface area contributed by atoms with Crippen LogP contribution in [0.2, 0.25) is 0 Å². The van der Waals surface area contributed by atoms with Gasteiger partial charge in [-0.1, -0.05) is 60.0 Å². The Morgan fingerprint density at radius 2 is 1.28 bits per heavy atom. The monoisotopic (exact) mass is 489 g/mol. The molecule has 36 heavy (non-hydrogen) atoms. The number of Topliss-reactive ketones (excluding diaryl/α,β-unsaturated/α-hetero) is 1. The first-order valence-electron chi connectivity index (χ1n) is 11.8. The highest BCUT2D eigenvalue weighted by molar-refractivity contribution is 6.12. The third kappa shape index (κ3) is 11.9. The minimum absolute atomic E-state index is 0.0475. The number of nitrogens with one attached hydrogen (secondary N) is 1. The predicted octanol–water partition coefficient (Wildman–Crippen LogP) is 5.95. The number of nitrogen functional groups attached to an aromatic ring is 2. The number of carbonyl (C=O) groups is 2. The molecule has 7 nitrogen and oxygen atoms in total. The summed E-state index contributed by atoms with van der Waals surface area (Å²) >= 11 is 0. The van der Waals surface area contributed by atoms with E-state index in [0.29, 0.717) is 12.8 Å². The topological polar surface area (TPSA) is 114 Å². The number of hydrazone groups is 1. The van der Waals surface area contributed by atoms with Crippen molar-refractivity contribution >= 4 is 34.5 Å². The van der Waals surface area contributed by atoms with Crippen LogP contribution in [-0.4, -0.2) is 17.4 Å². The van der Waals surface area contributed by atoms with Crippen molar-refractivity contribution in [2.45, 2.75) is 54.4 Å². The van der Waals surface area contributed by atoms with Crippen molar-refractivity contribution in [1.29, 1.82) is 0 Å². The molecule has 4 rings (SSSR count). The van der Waals surface area contributed by atoms with Gasteiger partial charge in [0.1, 0.15) is 5.78 Å². The summed E-state index contributed by atoms with van der Waals surface area (Å²) in [5.41, 5.74) is 15.1. The minimum Gasteiger partial charge on any atom is -0.399 e. The molecule has 3 aromatic carbocycles. The van der Waals surface area contributed by atoms with Crippen molar-refractivity contribution in [1.82, 2.24) is 0 Å². The van der Waals surface area contributed by atoms with Crippen LogP contribution in [0.5, 0.6) is 0 Å². The second kappa shape index (κ2) is 15.8. The lowest BCUT2D eigenvalue weighted by molar-refractivity contribution is -0.117. The molecule has 0 aliphatic carbocycles. The molecule has 7 heteroatoms. The first-order valence-corrected chi connectivity index (χ1v) is 11.8. The maximum absolute atomic E-state index is 11.5. The summed E-state index contributed by atoms with van der Waals surface area (Å²) in [7, 11) is 0. The Morgan fingerprint density at radius 3 is 1.61 bits per heavy atom. The van der Waals surface area contributed by atoms with Crippen molar-refractivity contribution in [3.8, 4) is 0 Å². The highest BCUT2D eigenvalue weighted by Crippen LogP contribution is 2.20. The Morgan fingerprint density at radius 1 is 0.861 bits per heavy atom. The van der Waals surface area contributed by atoms with Crippen LogP contribution in [0.15, 0.2) is 77.9 Å². The molecule has 0 aromatic heterocycles. The highest BCUT2D eigenvalue weighted by atomic mass is 16.2. The van der Waals surface area contributed by atoms with Crippen LogP contribution in [0.3, 0.4) is 0 Å². The number of rotatable bonds is 3. The van der Waals surface area contributed by atoms with Gasteiger partial charge in [0.25, 0.3) is 5.91 Å². The molecule has 0 spiro atoms. The van der Waals surface area contributed by atoms with Crippen molar-refractivity contribution < 1.29 is 9.59 Å². The number of carbonyl (C=O) groups excluding carboxylic acids is 2. The Balaban J connectivity index is 0.000000257. The van der Waals surface area contributed by atoms with Crippen molar-refractivity contribution in [2.75, 3.05) is 16.2 Å².